The van der Waals surface area contributed by atoms with Gasteiger partial charge >= 0.3 is 24.1 Å². The minimum atomic E-state index is -4.79. The van der Waals surface area contributed by atoms with Gasteiger partial charge < -0.3 is 10.5 Å². The fourth-order valence-electron chi connectivity index (χ4n) is 3.86. The number of nitrogens with zero attached hydrogens (tertiary/aromatic N) is 3. The summed E-state index contributed by atoms with van der Waals surface area (Å²) in [4.78, 5) is 36.9. The first-order chi connectivity index (χ1) is 18.2. The summed E-state index contributed by atoms with van der Waals surface area (Å²) >= 11 is 5.85. The molecule has 1 aromatic heterocycles. The minimum absolute atomic E-state index is 0.162. The van der Waals surface area contributed by atoms with Crippen molar-refractivity contribution < 1.29 is 40.7 Å². The van der Waals surface area contributed by atoms with Crippen molar-refractivity contribution in [3.63, 3.8) is 0 Å². The number of ketones is 1. The van der Waals surface area contributed by atoms with Crippen LogP contribution in [0.15, 0.2) is 53.3 Å². The van der Waals surface area contributed by atoms with Gasteiger partial charge in [-0.3, -0.25) is 9.36 Å². The number of primary amides is 1. The Kier molecular flexibility index (Phi) is 9.10. The van der Waals surface area contributed by atoms with Crippen molar-refractivity contribution in [1.82, 2.24) is 14.3 Å². The fraction of sp³-hybridized carbons (Fsp3) is 0.333. The molecule has 0 fully saturated rings. The summed E-state index contributed by atoms with van der Waals surface area (Å²) in [5.74, 6) is -2.25. The van der Waals surface area contributed by atoms with E-state index in [-0.39, 0.29) is 17.0 Å². The van der Waals surface area contributed by atoms with E-state index in [1.807, 2.05) is 0 Å². The van der Waals surface area contributed by atoms with Gasteiger partial charge in [0, 0.05) is 29.5 Å². The van der Waals surface area contributed by atoms with Crippen LogP contribution in [0.25, 0.3) is 11.4 Å². The van der Waals surface area contributed by atoms with Crippen LogP contribution in [0.1, 0.15) is 29.9 Å². The number of alkyl halides is 6. The molecule has 39 heavy (non-hydrogen) atoms. The molecule has 2 N–H and O–H groups in total. The average molecular weight is 579 g/mol. The van der Waals surface area contributed by atoms with E-state index in [4.69, 9.17) is 17.3 Å². The molecule has 1 amide bonds. The van der Waals surface area contributed by atoms with E-state index in [0.29, 0.717) is 9.70 Å². The molecular weight excluding hydrogens is 558 g/mol. The molecule has 0 radical (unpaired) electrons. The molecule has 15 heteroatoms. The van der Waals surface area contributed by atoms with Crippen LogP contribution in [-0.2, 0) is 28.8 Å². The molecule has 0 bridgehead atoms. The summed E-state index contributed by atoms with van der Waals surface area (Å²) in [6.45, 7) is -2.22. The Labute approximate surface area is 221 Å². The number of Topliss-reactive ketones (excluding diaryl/α,β-unsaturated/α-hetero) is 1. The molecule has 0 aliphatic carbocycles. The molecule has 210 valence electrons. The number of carbonyl (C=O) groups excluding carboxylic acids is 2. The van der Waals surface area contributed by atoms with Crippen molar-refractivity contribution in [3.8, 4) is 11.4 Å². The molecule has 0 aliphatic rings. The van der Waals surface area contributed by atoms with Gasteiger partial charge in [-0.2, -0.15) is 26.3 Å². The summed E-state index contributed by atoms with van der Waals surface area (Å²) < 4.78 is 85.4. The molecule has 8 nitrogen and oxygen atoms in total. The molecule has 0 aliphatic heterocycles. The SMILES string of the molecule is NC(=O)OCC(CC(=O)Cn1nc(-c2ccc(Cl)cc2)n(CCC(F)(F)F)c1=O)c1ccccc1C(F)(F)F. The van der Waals surface area contributed by atoms with Crippen molar-refractivity contribution in [1.29, 1.82) is 0 Å². The number of aromatic nitrogens is 3. The van der Waals surface area contributed by atoms with Gasteiger partial charge in [0.25, 0.3) is 0 Å². The Balaban J connectivity index is 1.93. The molecule has 0 saturated carbocycles. The third kappa shape index (κ3) is 8.09. The van der Waals surface area contributed by atoms with Gasteiger partial charge in [0.1, 0.15) is 13.2 Å². The van der Waals surface area contributed by atoms with E-state index >= 15 is 0 Å². The zero-order chi connectivity index (χ0) is 29.0. The third-order valence-corrected chi connectivity index (χ3v) is 5.83. The number of halogens is 7. The van der Waals surface area contributed by atoms with E-state index in [0.717, 1.165) is 22.8 Å². The summed E-state index contributed by atoms with van der Waals surface area (Å²) in [5.41, 5.74) is 2.76. The maximum atomic E-state index is 13.6. The topological polar surface area (TPSA) is 109 Å². The number of hydrogen-bond acceptors (Lipinski definition) is 5. The van der Waals surface area contributed by atoms with Gasteiger partial charge in [-0.15, -0.1) is 5.10 Å². The quantitative estimate of drug-likeness (QED) is 0.334. The molecule has 3 aromatic rings. The van der Waals surface area contributed by atoms with Crippen LogP contribution in [0.5, 0.6) is 0 Å². The minimum Gasteiger partial charge on any atom is -0.449 e. The molecular formula is C24H21ClF6N4O4. The Morgan fingerprint density at radius 2 is 1.67 bits per heavy atom. The Morgan fingerprint density at radius 1 is 1.03 bits per heavy atom. The summed E-state index contributed by atoms with van der Waals surface area (Å²) in [6, 6.07) is 10.1. The first-order valence-corrected chi connectivity index (χ1v) is 11.6. The first-order valence-electron chi connectivity index (χ1n) is 11.3. The Hall–Kier alpha value is -3.81. The van der Waals surface area contributed by atoms with Crippen molar-refractivity contribution in [2.45, 2.75) is 44.2 Å². The molecule has 1 atom stereocenters. The van der Waals surface area contributed by atoms with Gasteiger partial charge in [-0.1, -0.05) is 29.8 Å². The van der Waals surface area contributed by atoms with E-state index in [2.05, 4.69) is 9.84 Å². The van der Waals surface area contributed by atoms with Gasteiger partial charge in [-0.25, -0.2) is 14.3 Å². The number of carbonyl (C=O) groups is 2. The van der Waals surface area contributed by atoms with Crippen molar-refractivity contribution >= 4 is 23.5 Å². The molecule has 1 unspecified atom stereocenters. The number of benzene rings is 2. The highest BCUT2D eigenvalue weighted by Gasteiger charge is 2.36. The zero-order valence-corrected chi connectivity index (χ0v) is 20.7. The van der Waals surface area contributed by atoms with Gasteiger partial charge in [0.15, 0.2) is 11.6 Å². The molecule has 0 saturated heterocycles. The van der Waals surface area contributed by atoms with Gasteiger partial charge in [-0.05, 0) is 35.9 Å². The predicted octanol–water partition coefficient (Wildman–Crippen LogP) is 5.17. The third-order valence-electron chi connectivity index (χ3n) is 5.58. The summed E-state index contributed by atoms with van der Waals surface area (Å²) in [5, 5.41) is 4.33. The van der Waals surface area contributed by atoms with Crippen LogP contribution < -0.4 is 11.4 Å². The van der Waals surface area contributed by atoms with Gasteiger partial charge in [0.05, 0.1) is 12.0 Å². The van der Waals surface area contributed by atoms with Crippen molar-refractivity contribution in [3.05, 3.63) is 75.2 Å². The van der Waals surface area contributed by atoms with Crippen LogP contribution >= 0.6 is 11.6 Å². The lowest BCUT2D eigenvalue weighted by atomic mass is 9.90. The number of nitrogens with two attached hydrogens (primary N) is 1. The smallest absolute Gasteiger partial charge is 0.416 e. The number of ether oxygens (including phenoxy) is 1. The Morgan fingerprint density at radius 3 is 2.26 bits per heavy atom. The van der Waals surface area contributed by atoms with Crippen LogP contribution in [0, 0.1) is 0 Å². The average Bonchev–Trinajstić information content (AvgIpc) is 3.14. The maximum absolute atomic E-state index is 13.6. The van der Waals surface area contributed by atoms with Gasteiger partial charge in [0.2, 0.25) is 0 Å². The fourth-order valence-corrected chi connectivity index (χ4v) is 3.98. The number of amides is 1. The largest absolute Gasteiger partial charge is 0.449 e. The molecule has 2 aromatic carbocycles. The second-order valence-corrected chi connectivity index (χ2v) is 8.88. The Bertz CT molecular complexity index is 1380. The number of hydrogen-bond donors (Lipinski definition) is 1. The lowest BCUT2D eigenvalue weighted by Gasteiger charge is -2.21. The zero-order valence-electron chi connectivity index (χ0n) is 19.9. The number of rotatable bonds is 10. The first kappa shape index (κ1) is 29.7. The van der Waals surface area contributed by atoms with Crippen LogP contribution in [0.4, 0.5) is 31.1 Å². The monoisotopic (exact) mass is 578 g/mol. The standard InChI is InChI=1S/C24H21ClF6N4O4/c25-16-7-5-14(6-8-16)20-33-35(22(38)34(20)10-9-23(26,27)28)12-17(36)11-15(13-39-21(32)37)18-3-1-2-4-19(18)24(29,30)31/h1-8,15H,9-13H2,(H2,32,37). The second kappa shape index (κ2) is 11.9. The highest BCUT2D eigenvalue weighted by Crippen LogP contribution is 2.36. The lowest BCUT2D eigenvalue weighted by Crippen LogP contribution is -2.30. The van der Waals surface area contributed by atoms with Crippen LogP contribution in [0.3, 0.4) is 0 Å². The summed E-state index contributed by atoms with van der Waals surface area (Å²) in [7, 11) is 0. The van der Waals surface area contributed by atoms with E-state index in [9.17, 15) is 40.7 Å². The van der Waals surface area contributed by atoms with Crippen LogP contribution in [-0.4, -0.2) is 39.0 Å². The van der Waals surface area contributed by atoms with E-state index < -0.39 is 73.9 Å². The lowest BCUT2D eigenvalue weighted by molar-refractivity contribution is -0.139. The maximum Gasteiger partial charge on any atom is 0.416 e. The van der Waals surface area contributed by atoms with E-state index in [1.165, 1.54) is 30.3 Å². The van der Waals surface area contributed by atoms with E-state index in [1.54, 1.807) is 0 Å². The second-order valence-electron chi connectivity index (χ2n) is 8.44. The van der Waals surface area contributed by atoms with Crippen molar-refractivity contribution in [2.24, 2.45) is 5.73 Å². The summed E-state index contributed by atoms with van der Waals surface area (Å²) in [6.07, 6.45) is -12.6. The van der Waals surface area contributed by atoms with Crippen molar-refractivity contribution in [2.75, 3.05) is 6.61 Å². The normalized spacial score (nSPS) is 12.8. The predicted molar refractivity (Wildman–Crippen MR) is 127 cm³/mol. The molecule has 3 rings (SSSR count). The molecule has 0 spiro atoms. The van der Waals surface area contributed by atoms with Crippen LogP contribution in [0.2, 0.25) is 5.02 Å². The highest BCUT2D eigenvalue weighted by atomic mass is 35.5. The molecule has 1 heterocycles. The highest BCUT2D eigenvalue weighted by molar-refractivity contribution is 6.30.